The van der Waals surface area contributed by atoms with Gasteiger partial charge in [-0.05, 0) is 25.1 Å². The SMILES string of the molecule is C[C@@H](C#N)Oc1ccc(C#N)cc1Cl. The molecule has 0 aliphatic carbocycles. The van der Waals surface area contributed by atoms with Crippen LogP contribution < -0.4 is 4.74 Å². The van der Waals surface area contributed by atoms with E-state index in [0.717, 1.165) is 0 Å². The van der Waals surface area contributed by atoms with Crippen LogP contribution in [0, 0.1) is 22.7 Å². The Hall–Kier alpha value is -1.71. The highest BCUT2D eigenvalue weighted by molar-refractivity contribution is 6.32. The molecule has 0 bridgehead atoms. The number of hydrogen-bond donors (Lipinski definition) is 0. The van der Waals surface area contributed by atoms with Crippen LogP contribution in [0.2, 0.25) is 5.02 Å². The molecule has 0 heterocycles. The molecule has 0 fully saturated rings. The van der Waals surface area contributed by atoms with Crippen molar-refractivity contribution in [2.45, 2.75) is 13.0 Å². The number of benzene rings is 1. The fourth-order valence-electron chi connectivity index (χ4n) is 0.883. The quantitative estimate of drug-likeness (QED) is 0.747. The maximum Gasteiger partial charge on any atom is 0.181 e. The zero-order valence-electron chi connectivity index (χ0n) is 7.49. The van der Waals surface area contributed by atoms with Crippen LogP contribution in [0.15, 0.2) is 18.2 Å². The summed E-state index contributed by atoms with van der Waals surface area (Å²) in [4.78, 5) is 0. The van der Waals surface area contributed by atoms with Gasteiger partial charge in [-0.15, -0.1) is 0 Å². The van der Waals surface area contributed by atoms with E-state index in [1.54, 1.807) is 19.1 Å². The lowest BCUT2D eigenvalue weighted by Crippen LogP contribution is -2.08. The average Bonchev–Trinajstić information content (AvgIpc) is 2.20. The third-order valence-corrected chi connectivity index (χ3v) is 1.84. The molecule has 1 atom stereocenters. The predicted octanol–water partition coefficient (Wildman–Crippen LogP) is 2.50. The van der Waals surface area contributed by atoms with Gasteiger partial charge in [-0.2, -0.15) is 10.5 Å². The Morgan fingerprint density at radius 1 is 1.43 bits per heavy atom. The molecule has 0 unspecified atom stereocenters. The summed E-state index contributed by atoms with van der Waals surface area (Å²) in [6.45, 7) is 1.62. The van der Waals surface area contributed by atoms with Crippen LogP contribution in [0.5, 0.6) is 5.75 Å². The Morgan fingerprint density at radius 3 is 2.64 bits per heavy atom. The summed E-state index contributed by atoms with van der Waals surface area (Å²) in [5.74, 6) is 0.416. The van der Waals surface area contributed by atoms with E-state index in [1.165, 1.54) is 6.07 Å². The van der Waals surface area contributed by atoms with Crippen LogP contribution in [0.4, 0.5) is 0 Å². The van der Waals surface area contributed by atoms with E-state index in [2.05, 4.69) is 0 Å². The van der Waals surface area contributed by atoms with Crippen molar-refractivity contribution in [3.63, 3.8) is 0 Å². The Bertz CT molecular complexity index is 417. The molecule has 0 aliphatic heterocycles. The summed E-state index contributed by atoms with van der Waals surface area (Å²) in [6, 6.07) is 8.55. The van der Waals surface area contributed by atoms with Crippen molar-refractivity contribution in [1.82, 2.24) is 0 Å². The highest BCUT2D eigenvalue weighted by Gasteiger charge is 2.06. The number of nitrogens with zero attached hydrogens (tertiary/aromatic N) is 2. The molecule has 0 spiro atoms. The zero-order valence-corrected chi connectivity index (χ0v) is 8.25. The van der Waals surface area contributed by atoms with Gasteiger partial charge in [0.2, 0.25) is 0 Å². The van der Waals surface area contributed by atoms with E-state index < -0.39 is 6.10 Å². The summed E-state index contributed by atoms with van der Waals surface area (Å²) in [7, 11) is 0. The molecular weight excluding hydrogens is 200 g/mol. The zero-order chi connectivity index (χ0) is 10.6. The molecule has 0 aliphatic rings. The predicted molar refractivity (Wildman–Crippen MR) is 51.9 cm³/mol. The molecule has 4 heteroatoms. The summed E-state index contributed by atoms with van der Waals surface area (Å²) in [5, 5.41) is 17.4. The summed E-state index contributed by atoms with van der Waals surface area (Å²) >= 11 is 5.82. The first-order valence-electron chi connectivity index (χ1n) is 3.93. The van der Waals surface area contributed by atoms with E-state index >= 15 is 0 Å². The third kappa shape index (κ3) is 2.39. The summed E-state index contributed by atoms with van der Waals surface area (Å²) in [6.07, 6.45) is -0.555. The maximum atomic E-state index is 8.58. The highest BCUT2D eigenvalue weighted by Crippen LogP contribution is 2.25. The normalized spacial score (nSPS) is 11.1. The van der Waals surface area contributed by atoms with Crippen molar-refractivity contribution in [2.75, 3.05) is 0 Å². The minimum absolute atomic E-state index is 0.339. The second-order valence-corrected chi connectivity index (χ2v) is 3.05. The smallest absolute Gasteiger partial charge is 0.181 e. The van der Waals surface area contributed by atoms with Crippen molar-refractivity contribution in [1.29, 1.82) is 10.5 Å². The molecule has 0 N–H and O–H groups in total. The molecule has 1 aromatic rings. The minimum Gasteiger partial charge on any atom is -0.474 e. The number of halogens is 1. The van der Waals surface area contributed by atoms with Crippen LogP contribution >= 0.6 is 11.6 Å². The van der Waals surface area contributed by atoms with Gasteiger partial charge in [0, 0.05) is 0 Å². The fourth-order valence-corrected chi connectivity index (χ4v) is 1.11. The Labute approximate surface area is 87.1 Å². The first-order valence-corrected chi connectivity index (χ1v) is 4.31. The van der Waals surface area contributed by atoms with E-state index in [4.69, 9.17) is 26.9 Å². The number of hydrogen-bond acceptors (Lipinski definition) is 3. The monoisotopic (exact) mass is 206 g/mol. The Morgan fingerprint density at radius 2 is 2.14 bits per heavy atom. The van der Waals surface area contributed by atoms with Gasteiger partial charge in [0.1, 0.15) is 11.8 Å². The van der Waals surface area contributed by atoms with E-state index in [1.807, 2.05) is 12.1 Å². The van der Waals surface area contributed by atoms with Crippen LogP contribution in [-0.2, 0) is 0 Å². The first-order chi connectivity index (χ1) is 6.67. The van der Waals surface area contributed by atoms with Crippen LogP contribution in [0.25, 0.3) is 0 Å². The largest absolute Gasteiger partial charge is 0.474 e. The third-order valence-electron chi connectivity index (χ3n) is 1.55. The van der Waals surface area contributed by atoms with E-state index in [9.17, 15) is 0 Å². The van der Waals surface area contributed by atoms with Gasteiger partial charge >= 0.3 is 0 Å². The van der Waals surface area contributed by atoms with Crippen LogP contribution in [0.1, 0.15) is 12.5 Å². The number of rotatable bonds is 2. The standard InChI is InChI=1S/C10H7ClN2O/c1-7(5-12)14-10-3-2-8(6-13)4-9(10)11/h2-4,7H,1H3/t7-/m0/s1. The van der Waals surface area contributed by atoms with Crippen molar-refractivity contribution in [3.05, 3.63) is 28.8 Å². The number of ether oxygens (including phenoxy) is 1. The highest BCUT2D eigenvalue weighted by atomic mass is 35.5. The number of nitriles is 2. The summed E-state index contributed by atoms with van der Waals surface area (Å²) in [5.41, 5.74) is 0.465. The van der Waals surface area contributed by atoms with Crippen molar-refractivity contribution in [3.8, 4) is 17.9 Å². The van der Waals surface area contributed by atoms with Crippen LogP contribution in [0.3, 0.4) is 0 Å². The van der Waals surface area contributed by atoms with Crippen LogP contribution in [-0.4, -0.2) is 6.10 Å². The first kappa shape index (κ1) is 10.4. The molecule has 0 aromatic heterocycles. The Balaban J connectivity index is 2.92. The molecule has 3 nitrogen and oxygen atoms in total. The Kier molecular flexibility index (Phi) is 3.34. The van der Waals surface area contributed by atoms with Crippen molar-refractivity contribution in [2.24, 2.45) is 0 Å². The fraction of sp³-hybridized carbons (Fsp3) is 0.200. The molecule has 70 valence electrons. The lowest BCUT2D eigenvalue weighted by molar-refractivity contribution is 0.276. The average molecular weight is 207 g/mol. The lowest BCUT2D eigenvalue weighted by atomic mass is 10.2. The minimum atomic E-state index is -0.555. The van der Waals surface area contributed by atoms with Gasteiger partial charge in [-0.1, -0.05) is 11.6 Å². The van der Waals surface area contributed by atoms with Gasteiger partial charge in [0.25, 0.3) is 0 Å². The van der Waals surface area contributed by atoms with E-state index in [-0.39, 0.29) is 0 Å². The maximum absolute atomic E-state index is 8.58. The molecule has 0 amide bonds. The molecule has 0 saturated carbocycles. The van der Waals surface area contributed by atoms with Gasteiger partial charge in [-0.25, -0.2) is 0 Å². The topological polar surface area (TPSA) is 56.8 Å². The van der Waals surface area contributed by atoms with Crippen molar-refractivity contribution < 1.29 is 4.74 Å². The molecule has 14 heavy (non-hydrogen) atoms. The second-order valence-electron chi connectivity index (χ2n) is 2.65. The van der Waals surface area contributed by atoms with E-state index in [0.29, 0.717) is 16.3 Å². The molecule has 1 rings (SSSR count). The van der Waals surface area contributed by atoms with Gasteiger partial charge in [0.15, 0.2) is 6.10 Å². The summed E-state index contributed by atoms with van der Waals surface area (Å²) < 4.78 is 5.19. The molecule has 1 aromatic carbocycles. The molecule has 0 radical (unpaired) electrons. The molecular formula is C10H7ClN2O. The van der Waals surface area contributed by atoms with Gasteiger partial charge < -0.3 is 4.74 Å². The lowest BCUT2D eigenvalue weighted by Gasteiger charge is -2.08. The second kappa shape index (κ2) is 4.50. The van der Waals surface area contributed by atoms with Gasteiger partial charge in [-0.3, -0.25) is 0 Å². The van der Waals surface area contributed by atoms with Crippen molar-refractivity contribution >= 4 is 11.6 Å². The molecule has 0 saturated heterocycles. The van der Waals surface area contributed by atoms with Gasteiger partial charge in [0.05, 0.1) is 16.7 Å².